The van der Waals surface area contributed by atoms with Crippen LogP contribution < -0.4 is 5.56 Å². The SMILES string of the molecule is CCOC(=O)c1sc2ncn(CC(=O)OC(C)(C)C)c(=O)c2c1C. The zero-order valence-electron chi connectivity index (χ0n) is 14.3. The lowest BCUT2D eigenvalue weighted by Gasteiger charge is -2.19. The van der Waals surface area contributed by atoms with Crippen molar-refractivity contribution in [1.29, 1.82) is 0 Å². The summed E-state index contributed by atoms with van der Waals surface area (Å²) < 4.78 is 11.4. The standard InChI is InChI=1S/C16H20N2O5S/c1-6-22-15(21)12-9(2)11-13(24-12)17-8-18(14(11)20)7-10(19)23-16(3,4)5/h8H,6-7H2,1-5H3. The van der Waals surface area contributed by atoms with Gasteiger partial charge in [0.05, 0.1) is 18.3 Å². The highest BCUT2D eigenvalue weighted by Gasteiger charge is 2.22. The Labute approximate surface area is 143 Å². The molecule has 130 valence electrons. The van der Waals surface area contributed by atoms with Crippen LogP contribution in [0.5, 0.6) is 0 Å². The van der Waals surface area contributed by atoms with E-state index < -0.39 is 17.5 Å². The molecule has 0 aliphatic heterocycles. The van der Waals surface area contributed by atoms with Crippen molar-refractivity contribution in [1.82, 2.24) is 9.55 Å². The van der Waals surface area contributed by atoms with Gasteiger partial charge in [-0.15, -0.1) is 11.3 Å². The first-order valence-electron chi connectivity index (χ1n) is 7.51. The fraction of sp³-hybridized carbons (Fsp3) is 0.500. The van der Waals surface area contributed by atoms with Crippen molar-refractivity contribution in [3.63, 3.8) is 0 Å². The molecule has 0 N–H and O–H groups in total. The predicted molar refractivity (Wildman–Crippen MR) is 90.4 cm³/mol. The first-order valence-corrected chi connectivity index (χ1v) is 8.33. The zero-order valence-corrected chi connectivity index (χ0v) is 15.2. The van der Waals surface area contributed by atoms with Gasteiger partial charge in [-0.1, -0.05) is 0 Å². The van der Waals surface area contributed by atoms with Gasteiger partial charge in [0.25, 0.3) is 5.56 Å². The Morgan fingerprint density at radius 2 is 2.00 bits per heavy atom. The van der Waals surface area contributed by atoms with Crippen LogP contribution in [0.25, 0.3) is 10.2 Å². The molecule has 0 bridgehead atoms. The van der Waals surface area contributed by atoms with Gasteiger partial charge in [0.15, 0.2) is 0 Å². The lowest BCUT2D eigenvalue weighted by molar-refractivity contribution is -0.155. The van der Waals surface area contributed by atoms with Crippen LogP contribution in [0.4, 0.5) is 0 Å². The Kier molecular flexibility index (Phi) is 5.08. The third-order valence-electron chi connectivity index (χ3n) is 3.10. The normalized spacial score (nSPS) is 11.5. The molecule has 0 saturated carbocycles. The molecule has 0 aliphatic rings. The number of ether oxygens (including phenoxy) is 2. The molecule has 0 amide bonds. The first kappa shape index (κ1) is 18.1. The Bertz CT molecular complexity index is 844. The topological polar surface area (TPSA) is 87.5 Å². The van der Waals surface area contributed by atoms with Gasteiger partial charge in [-0.25, -0.2) is 9.78 Å². The predicted octanol–water partition coefficient (Wildman–Crippen LogP) is 2.28. The summed E-state index contributed by atoms with van der Waals surface area (Å²) >= 11 is 1.11. The van der Waals surface area contributed by atoms with E-state index in [0.717, 1.165) is 11.3 Å². The van der Waals surface area contributed by atoms with E-state index in [1.165, 1.54) is 10.9 Å². The molecule has 0 saturated heterocycles. The smallest absolute Gasteiger partial charge is 0.348 e. The average molecular weight is 352 g/mol. The number of aryl methyl sites for hydroxylation is 1. The van der Waals surface area contributed by atoms with Crippen LogP contribution in [0.1, 0.15) is 42.9 Å². The van der Waals surface area contributed by atoms with Crippen molar-refractivity contribution in [3.8, 4) is 0 Å². The molecule has 0 atom stereocenters. The van der Waals surface area contributed by atoms with Crippen molar-refractivity contribution in [3.05, 3.63) is 27.1 Å². The van der Waals surface area contributed by atoms with Gasteiger partial charge in [-0.2, -0.15) is 0 Å². The van der Waals surface area contributed by atoms with Crippen LogP contribution in [0, 0.1) is 6.92 Å². The molecule has 0 aliphatic carbocycles. The minimum absolute atomic E-state index is 0.233. The maximum atomic E-state index is 12.6. The molecule has 2 heterocycles. The number of thiophene rings is 1. The number of rotatable bonds is 4. The number of esters is 2. The largest absolute Gasteiger partial charge is 0.462 e. The van der Waals surface area contributed by atoms with Gasteiger partial charge >= 0.3 is 11.9 Å². The van der Waals surface area contributed by atoms with E-state index in [1.54, 1.807) is 34.6 Å². The molecule has 8 heteroatoms. The molecule has 0 aromatic carbocycles. The molecular weight excluding hydrogens is 332 g/mol. The van der Waals surface area contributed by atoms with Crippen LogP contribution >= 0.6 is 11.3 Å². The van der Waals surface area contributed by atoms with Gasteiger partial charge in [-0.3, -0.25) is 14.2 Å². The van der Waals surface area contributed by atoms with E-state index in [4.69, 9.17) is 9.47 Å². The van der Waals surface area contributed by atoms with Crippen LogP contribution in [0.3, 0.4) is 0 Å². The summed E-state index contributed by atoms with van der Waals surface area (Å²) in [5.41, 5.74) is -0.493. The molecule has 2 rings (SSSR count). The Hall–Kier alpha value is -2.22. The van der Waals surface area contributed by atoms with Gasteiger partial charge in [0.1, 0.15) is 21.9 Å². The highest BCUT2D eigenvalue weighted by molar-refractivity contribution is 7.20. The van der Waals surface area contributed by atoms with Crippen LogP contribution in [-0.2, 0) is 20.8 Å². The number of carbonyl (C=O) groups is 2. The maximum absolute atomic E-state index is 12.6. The summed E-state index contributed by atoms with van der Waals surface area (Å²) in [4.78, 5) is 41.5. The average Bonchev–Trinajstić information content (AvgIpc) is 2.78. The van der Waals surface area contributed by atoms with E-state index in [-0.39, 0.29) is 18.7 Å². The van der Waals surface area contributed by atoms with Crippen molar-refractivity contribution in [2.45, 2.75) is 46.8 Å². The summed E-state index contributed by atoms with van der Waals surface area (Å²) in [5, 5.41) is 0.328. The Morgan fingerprint density at radius 3 is 2.58 bits per heavy atom. The molecule has 0 unspecified atom stereocenters. The fourth-order valence-corrected chi connectivity index (χ4v) is 3.21. The van der Waals surface area contributed by atoms with E-state index >= 15 is 0 Å². The lowest BCUT2D eigenvalue weighted by atomic mass is 10.2. The summed E-state index contributed by atoms with van der Waals surface area (Å²) in [7, 11) is 0. The van der Waals surface area contributed by atoms with Gasteiger partial charge in [0, 0.05) is 0 Å². The van der Waals surface area contributed by atoms with Gasteiger partial charge in [0.2, 0.25) is 0 Å². The molecular formula is C16H20N2O5S. The molecule has 0 spiro atoms. The molecule has 2 aromatic rings. The van der Waals surface area contributed by atoms with Gasteiger partial charge < -0.3 is 9.47 Å². The number of fused-ring (bicyclic) bond motifs is 1. The second-order valence-corrected chi connectivity index (χ2v) is 7.22. The number of aromatic nitrogens is 2. The molecule has 7 nitrogen and oxygen atoms in total. The van der Waals surface area contributed by atoms with E-state index in [1.807, 2.05) is 0 Å². The van der Waals surface area contributed by atoms with E-state index in [0.29, 0.717) is 20.7 Å². The lowest BCUT2D eigenvalue weighted by Crippen LogP contribution is -2.30. The molecule has 2 aromatic heterocycles. The molecule has 24 heavy (non-hydrogen) atoms. The van der Waals surface area contributed by atoms with Crippen molar-refractivity contribution in [2.24, 2.45) is 0 Å². The van der Waals surface area contributed by atoms with E-state index in [2.05, 4.69) is 4.98 Å². The minimum Gasteiger partial charge on any atom is -0.462 e. The molecule has 0 radical (unpaired) electrons. The van der Waals surface area contributed by atoms with Crippen molar-refractivity contribution < 1.29 is 19.1 Å². The van der Waals surface area contributed by atoms with Gasteiger partial charge in [-0.05, 0) is 40.2 Å². The van der Waals surface area contributed by atoms with E-state index in [9.17, 15) is 14.4 Å². The number of nitrogens with zero attached hydrogens (tertiary/aromatic N) is 2. The second kappa shape index (κ2) is 6.72. The minimum atomic E-state index is -0.631. The van der Waals surface area contributed by atoms with Crippen LogP contribution in [-0.4, -0.2) is 33.7 Å². The summed E-state index contributed by atoms with van der Waals surface area (Å²) in [5.74, 6) is -1.000. The fourth-order valence-electron chi connectivity index (χ4n) is 2.18. The third-order valence-corrected chi connectivity index (χ3v) is 4.28. The number of hydrogen-bond acceptors (Lipinski definition) is 7. The molecule has 0 fully saturated rings. The second-order valence-electron chi connectivity index (χ2n) is 6.22. The van der Waals surface area contributed by atoms with Crippen LogP contribution in [0.2, 0.25) is 0 Å². The summed E-state index contributed by atoms with van der Waals surface area (Å²) in [6.45, 7) is 8.67. The summed E-state index contributed by atoms with van der Waals surface area (Å²) in [6, 6.07) is 0. The highest BCUT2D eigenvalue weighted by atomic mass is 32.1. The number of carbonyl (C=O) groups excluding carboxylic acids is 2. The summed E-state index contributed by atoms with van der Waals surface area (Å²) in [6.07, 6.45) is 1.29. The zero-order chi connectivity index (χ0) is 18.1. The van der Waals surface area contributed by atoms with Crippen molar-refractivity contribution in [2.75, 3.05) is 6.61 Å². The first-order chi connectivity index (χ1) is 11.1. The Morgan fingerprint density at radius 1 is 1.33 bits per heavy atom. The van der Waals surface area contributed by atoms with Crippen molar-refractivity contribution >= 4 is 33.5 Å². The highest BCUT2D eigenvalue weighted by Crippen LogP contribution is 2.27. The quantitative estimate of drug-likeness (QED) is 0.785. The third kappa shape index (κ3) is 3.81. The number of hydrogen-bond donors (Lipinski definition) is 0. The Balaban J connectivity index is 2.40. The monoisotopic (exact) mass is 352 g/mol. The van der Waals surface area contributed by atoms with Crippen LogP contribution in [0.15, 0.2) is 11.1 Å². The maximum Gasteiger partial charge on any atom is 0.348 e.